The highest BCUT2D eigenvalue weighted by Gasteiger charge is 2.41. The average molecular weight is 298 g/mol. The first kappa shape index (κ1) is 16.1. The Hall–Kier alpha value is -1.30. The minimum Gasteiger partial charge on any atom is -0.481 e. The number of hydrogen-bond acceptors (Lipinski definition) is 3. The fourth-order valence-electron chi connectivity index (χ4n) is 3.21. The summed E-state index contributed by atoms with van der Waals surface area (Å²) in [7, 11) is 0. The van der Waals surface area contributed by atoms with Gasteiger partial charge in [0.2, 0.25) is 0 Å². The molecule has 0 bridgehead atoms. The van der Waals surface area contributed by atoms with E-state index in [0.29, 0.717) is 38.9 Å². The van der Waals surface area contributed by atoms with Gasteiger partial charge < -0.3 is 20.1 Å². The molecule has 1 unspecified atom stereocenters. The van der Waals surface area contributed by atoms with Crippen molar-refractivity contribution >= 4 is 12.0 Å². The van der Waals surface area contributed by atoms with Gasteiger partial charge in [-0.1, -0.05) is 6.92 Å². The Balaban J connectivity index is 1.81. The predicted molar refractivity (Wildman–Crippen MR) is 78.2 cm³/mol. The van der Waals surface area contributed by atoms with E-state index in [-0.39, 0.29) is 11.6 Å². The van der Waals surface area contributed by atoms with Crippen LogP contribution in [0.3, 0.4) is 0 Å². The number of carbonyl (C=O) groups excluding carboxylic acids is 1. The minimum atomic E-state index is -0.739. The Morgan fingerprint density at radius 2 is 1.95 bits per heavy atom. The molecule has 0 spiro atoms. The molecular formula is C15H26N2O4. The van der Waals surface area contributed by atoms with Crippen LogP contribution in [0.4, 0.5) is 4.79 Å². The van der Waals surface area contributed by atoms with Gasteiger partial charge in [0.25, 0.3) is 0 Å². The molecule has 6 heteroatoms. The molecule has 2 N–H and O–H groups in total. The van der Waals surface area contributed by atoms with Gasteiger partial charge in [-0.25, -0.2) is 4.79 Å². The number of amides is 2. The van der Waals surface area contributed by atoms with E-state index >= 15 is 0 Å². The second-order valence-corrected chi connectivity index (χ2v) is 6.49. The smallest absolute Gasteiger partial charge is 0.317 e. The van der Waals surface area contributed by atoms with Crippen molar-refractivity contribution in [3.63, 3.8) is 0 Å². The van der Waals surface area contributed by atoms with Gasteiger partial charge in [-0.05, 0) is 39.0 Å². The topological polar surface area (TPSA) is 78.9 Å². The molecule has 6 nitrogen and oxygen atoms in total. The summed E-state index contributed by atoms with van der Waals surface area (Å²) in [4.78, 5) is 25.3. The Morgan fingerprint density at radius 1 is 1.29 bits per heavy atom. The minimum absolute atomic E-state index is 0.109. The number of carboxylic acid groups (broad SMARTS) is 1. The molecule has 0 aromatic rings. The largest absolute Gasteiger partial charge is 0.481 e. The van der Waals surface area contributed by atoms with E-state index in [0.717, 1.165) is 19.4 Å². The van der Waals surface area contributed by atoms with Gasteiger partial charge in [0.05, 0.1) is 11.0 Å². The molecule has 0 aliphatic carbocycles. The van der Waals surface area contributed by atoms with Crippen LogP contribution in [-0.4, -0.2) is 53.8 Å². The van der Waals surface area contributed by atoms with Gasteiger partial charge in [0.15, 0.2) is 0 Å². The maximum Gasteiger partial charge on any atom is 0.317 e. The van der Waals surface area contributed by atoms with Gasteiger partial charge in [-0.15, -0.1) is 0 Å². The van der Waals surface area contributed by atoms with Gasteiger partial charge in [-0.3, -0.25) is 4.79 Å². The zero-order valence-electron chi connectivity index (χ0n) is 13.0. The number of rotatable bonds is 4. The lowest BCUT2D eigenvalue weighted by Crippen LogP contribution is -2.51. The van der Waals surface area contributed by atoms with Crippen molar-refractivity contribution in [2.24, 2.45) is 5.41 Å². The maximum absolute atomic E-state index is 12.2. The lowest BCUT2D eigenvalue weighted by atomic mass is 9.76. The van der Waals surface area contributed by atoms with Crippen molar-refractivity contribution < 1.29 is 19.4 Å². The molecular weight excluding hydrogens is 272 g/mol. The molecule has 21 heavy (non-hydrogen) atoms. The lowest BCUT2D eigenvalue weighted by molar-refractivity contribution is -0.151. The normalized spacial score (nSPS) is 28.4. The van der Waals surface area contributed by atoms with E-state index in [2.05, 4.69) is 5.32 Å². The highest BCUT2D eigenvalue weighted by molar-refractivity contribution is 5.77. The third kappa shape index (κ3) is 3.48. The van der Waals surface area contributed by atoms with Crippen LogP contribution in [0.1, 0.15) is 46.0 Å². The van der Waals surface area contributed by atoms with E-state index < -0.39 is 11.4 Å². The number of urea groups is 1. The van der Waals surface area contributed by atoms with E-state index in [4.69, 9.17) is 4.74 Å². The molecule has 2 aliphatic rings. The van der Waals surface area contributed by atoms with Crippen molar-refractivity contribution in [3.05, 3.63) is 0 Å². The molecule has 0 aromatic heterocycles. The first-order valence-electron chi connectivity index (χ1n) is 7.81. The number of nitrogens with zero attached hydrogens (tertiary/aromatic N) is 1. The highest BCUT2D eigenvalue weighted by atomic mass is 16.5. The summed E-state index contributed by atoms with van der Waals surface area (Å²) in [5, 5.41) is 12.3. The Kier molecular flexibility index (Phi) is 4.76. The summed E-state index contributed by atoms with van der Waals surface area (Å²) in [6.45, 7) is 6.20. The van der Waals surface area contributed by atoms with Crippen LogP contribution < -0.4 is 5.32 Å². The van der Waals surface area contributed by atoms with E-state index in [1.807, 2.05) is 13.8 Å². The molecule has 2 rings (SSSR count). The number of ether oxygens (including phenoxy) is 1. The molecule has 0 radical (unpaired) electrons. The van der Waals surface area contributed by atoms with Crippen LogP contribution >= 0.6 is 0 Å². The standard InChI is InChI=1S/C15H26N2O4/c1-3-15(12(18)19)6-8-17(9-7-15)13(20)16-11-14(2)5-4-10-21-14/h3-11H2,1-2H3,(H,16,20)(H,18,19). The predicted octanol–water partition coefficient (Wildman–Crippen LogP) is 1.84. The monoisotopic (exact) mass is 298 g/mol. The number of carbonyl (C=O) groups is 2. The SMILES string of the molecule is CCC1(C(=O)O)CCN(C(=O)NCC2(C)CCCO2)CC1. The van der Waals surface area contributed by atoms with Crippen LogP contribution in [-0.2, 0) is 9.53 Å². The second-order valence-electron chi connectivity index (χ2n) is 6.49. The summed E-state index contributed by atoms with van der Waals surface area (Å²) in [5.41, 5.74) is -0.906. The molecule has 0 saturated carbocycles. The molecule has 2 fully saturated rings. The summed E-state index contributed by atoms with van der Waals surface area (Å²) in [5.74, 6) is -0.739. The van der Waals surface area contributed by atoms with Crippen LogP contribution in [0.15, 0.2) is 0 Å². The zero-order valence-corrected chi connectivity index (χ0v) is 13.0. The number of carboxylic acids is 1. The van der Waals surface area contributed by atoms with E-state index in [9.17, 15) is 14.7 Å². The summed E-state index contributed by atoms with van der Waals surface area (Å²) >= 11 is 0. The molecule has 2 aliphatic heterocycles. The zero-order chi connectivity index (χ0) is 15.5. The Labute approximate surface area is 125 Å². The molecule has 2 heterocycles. The van der Waals surface area contributed by atoms with E-state index in [1.165, 1.54) is 0 Å². The molecule has 2 saturated heterocycles. The number of nitrogens with one attached hydrogen (secondary N) is 1. The molecule has 0 aromatic carbocycles. The van der Waals surface area contributed by atoms with Gasteiger partial charge in [0, 0.05) is 26.2 Å². The second kappa shape index (κ2) is 6.22. The summed E-state index contributed by atoms with van der Waals surface area (Å²) in [6.07, 6.45) is 3.67. The molecule has 1 atom stereocenters. The van der Waals surface area contributed by atoms with Crippen molar-refractivity contribution in [2.45, 2.75) is 51.6 Å². The summed E-state index contributed by atoms with van der Waals surface area (Å²) < 4.78 is 5.65. The number of aliphatic carboxylic acids is 1. The quantitative estimate of drug-likeness (QED) is 0.830. The van der Waals surface area contributed by atoms with Gasteiger partial charge in [0.1, 0.15) is 0 Å². The van der Waals surface area contributed by atoms with Crippen molar-refractivity contribution in [2.75, 3.05) is 26.2 Å². The highest BCUT2D eigenvalue weighted by Crippen LogP contribution is 2.35. The van der Waals surface area contributed by atoms with Gasteiger partial charge >= 0.3 is 12.0 Å². The third-order valence-corrected chi connectivity index (χ3v) is 5.05. The average Bonchev–Trinajstić information content (AvgIpc) is 2.92. The fourth-order valence-corrected chi connectivity index (χ4v) is 3.21. The summed E-state index contributed by atoms with van der Waals surface area (Å²) in [6, 6.07) is -0.109. The fraction of sp³-hybridized carbons (Fsp3) is 0.867. The first-order chi connectivity index (χ1) is 9.91. The maximum atomic E-state index is 12.2. The van der Waals surface area contributed by atoms with Crippen LogP contribution in [0, 0.1) is 5.41 Å². The number of likely N-dealkylation sites (tertiary alicyclic amines) is 1. The van der Waals surface area contributed by atoms with Crippen molar-refractivity contribution in [3.8, 4) is 0 Å². The van der Waals surface area contributed by atoms with Crippen molar-refractivity contribution in [1.29, 1.82) is 0 Å². The van der Waals surface area contributed by atoms with Crippen LogP contribution in [0.25, 0.3) is 0 Å². The Morgan fingerprint density at radius 3 is 2.43 bits per heavy atom. The van der Waals surface area contributed by atoms with Gasteiger partial charge in [-0.2, -0.15) is 0 Å². The van der Waals surface area contributed by atoms with E-state index in [1.54, 1.807) is 4.90 Å². The molecule has 120 valence electrons. The first-order valence-corrected chi connectivity index (χ1v) is 7.81. The number of piperidine rings is 1. The third-order valence-electron chi connectivity index (χ3n) is 5.05. The van der Waals surface area contributed by atoms with Crippen LogP contribution in [0.5, 0.6) is 0 Å². The lowest BCUT2D eigenvalue weighted by Gasteiger charge is -2.38. The Bertz CT molecular complexity index is 396. The van der Waals surface area contributed by atoms with Crippen molar-refractivity contribution in [1.82, 2.24) is 10.2 Å². The van der Waals surface area contributed by atoms with Crippen LogP contribution in [0.2, 0.25) is 0 Å². The molecule has 2 amide bonds. The number of hydrogen-bond donors (Lipinski definition) is 2.